The zero-order valence-electron chi connectivity index (χ0n) is 16.1. The molecule has 0 aromatic carbocycles. The fraction of sp³-hybridized carbons (Fsp3) is 0.400. The third kappa shape index (κ3) is 3.37. The highest BCUT2D eigenvalue weighted by Crippen LogP contribution is 2.22. The standard InChI is InChI=1S/C20H24N6O2/c1-24-13-17(18(27)16-12-23-25(2)20(16)24)19(28)22-11-14-5-9-26(10-6-14)15-3-7-21-8-4-15/h3-4,7-8,12-14H,5-6,9-11H2,1-2H3,(H,22,28). The first-order valence-electron chi connectivity index (χ1n) is 9.49. The van der Waals surface area contributed by atoms with Crippen molar-refractivity contribution in [3.8, 4) is 0 Å². The number of aromatic nitrogens is 4. The molecule has 0 bridgehead atoms. The Bertz CT molecular complexity index is 1050. The number of nitrogens with one attached hydrogen (secondary N) is 1. The van der Waals surface area contributed by atoms with Gasteiger partial charge in [0.15, 0.2) is 0 Å². The summed E-state index contributed by atoms with van der Waals surface area (Å²) >= 11 is 0. The maximum Gasteiger partial charge on any atom is 0.256 e. The van der Waals surface area contributed by atoms with E-state index < -0.39 is 0 Å². The Morgan fingerprint density at radius 3 is 2.64 bits per heavy atom. The summed E-state index contributed by atoms with van der Waals surface area (Å²) in [6.45, 7) is 2.49. The van der Waals surface area contributed by atoms with Gasteiger partial charge in [-0.3, -0.25) is 19.3 Å². The third-order valence-corrected chi connectivity index (χ3v) is 5.49. The van der Waals surface area contributed by atoms with Crippen LogP contribution in [0, 0.1) is 5.92 Å². The lowest BCUT2D eigenvalue weighted by atomic mass is 9.96. The minimum atomic E-state index is -0.317. The van der Waals surface area contributed by atoms with E-state index in [0.717, 1.165) is 25.9 Å². The SMILES string of the molecule is Cn1cc(C(=O)NCC2CCN(c3ccncc3)CC2)c(=O)c2cnn(C)c21. The molecular formula is C20H24N6O2. The monoisotopic (exact) mass is 380 g/mol. The Balaban J connectivity index is 1.38. The molecule has 3 aromatic rings. The Morgan fingerprint density at radius 2 is 1.93 bits per heavy atom. The normalized spacial score (nSPS) is 15.1. The van der Waals surface area contributed by atoms with E-state index in [2.05, 4.69) is 20.3 Å². The van der Waals surface area contributed by atoms with Crippen molar-refractivity contribution in [2.75, 3.05) is 24.5 Å². The fourth-order valence-corrected chi connectivity index (χ4v) is 3.91. The van der Waals surface area contributed by atoms with Gasteiger partial charge in [-0.25, -0.2) is 0 Å². The molecule has 1 fully saturated rings. The van der Waals surface area contributed by atoms with Gasteiger partial charge in [-0.1, -0.05) is 0 Å². The molecule has 1 N–H and O–H groups in total. The van der Waals surface area contributed by atoms with E-state index in [1.54, 1.807) is 34.9 Å². The predicted molar refractivity (Wildman–Crippen MR) is 107 cm³/mol. The summed E-state index contributed by atoms with van der Waals surface area (Å²) in [5.41, 5.74) is 1.78. The second-order valence-corrected chi connectivity index (χ2v) is 7.33. The van der Waals surface area contributed by atoms with Gasteiger partial charge in [0, 0.05) is 58.0 Å². The number of aryl methyl sites for hydroxylation is 2. The summed E-state index contributed by atoms with van der Waals surface area (Å²) in [5.74, 6) is 0.0935. The van der Waals surface area contributed by atoms with Crippen molar-refractivity contribution in [3.63, 3.8) is 0 Å². The Hall–Kier alpha value is -3.16. The van der Waals surface area contributed by atoms with Crippen LogP contribution in [0.25, 0.3) is 11.0 Å². The van der Waals surface area contributed by atoms with Gasteiger partial charge in [-0.15, -0.1) is 0 Å². The van der Waals surface area contributed by atoms with E-state index in [9.17, 15) is 9.59 Å². The highest BCUT2D eigenvalue weighted by molar-refractivity contribution is 5.96. The number of amides is 1. The molecule has 1 saturated heterocycles. The number of anilines is 1. The van der Waals surface area contributed by atoms with Crippen LogP contribution in [0.15, 0.2) is 41.7 Å². The maximum atomic E-state index is 12.6. The van der Waals surface area contributed by atoms with Crippen molar-refractivity contribution in [2.45, 2.75) is 12.8 Å². The molecule has 0 spiro atoms. The lowest BCUT2D eigenvalue weighted by Gasteiger charge is -2.33. The van der Waals surface area contributed by atoms with E-state index in [1.165, 1.54) is 11.9 Å². The molecule has 0 atom stereocenters. The zero-order valence-corrected chi connectivity index (χ0v) is 16.1. The summed E-state index contributed by atoms with van der Waals surface area (Å²) in [6.07, 6.45) is 8.73. The van der Waals surface area contributed by atoms with Crippen molar-refractivity contribution >= 4 is 22.6 Å². The van der Waals surface area contributed by atoms with Gasteiger partial charge in [0.25, 0.3) is 5.91 Å². The fourth-order valence-electron chi connectivity index (χ4n) is 3.91. The number of piperidine rings is 1. The molecule has 0 aliphatic carbocycles. The Kier molecular flexibility index (Phi) is 4.85. The number of hydrogen-bond donors (Lipinski definition) is 1. The van der Waals surface area contributed by atoms with Crippen LogP contribution in [0.1, 0.15) is 23.2 Å². The summed E-state index contributed by atoms with van der Waals surface area (Å²) in [4.78, 5) is 31.7. The summed E-state index contributed by atoms with van der Waals surface area (Å²) in [5, 5.41) is 7.54. The molecule has 1 aliphatic rings. The first kappa shape index (κ1) is 18.2. The number of carbonyl (C=O) groups is 1. The van der Waals surface area contributed by atoms with E-state index in [1.807, 2.05) is 19.2 Å². The van der Waals surface area contributed by atoms with Gasteiger partial charge < -0.3 is 14.8 Å². The average molecular weight is 380 g/mol. The van der Waals surface area contributed by atoms with Crippen LogP contribution in [0.2, 0.25) is 0 Å². The topological polar surface area (TPSA) is 85.1 Å². The quantitative estimate of drug-likeness (QED) is 0.738. The van der Waals surface area contributed by atoms with E-state index in [-0.39, 0.29) is 16.9 Å². The highest BCUT2D eigenvalue weighted by Gasteiger charge is 2.22. The second-order valence-electron chi connectivity index (χ2n) is 7.33. The largest absolute Gasteiger partial charge is 0.371 e. The van der Waals surface area contributed by atoms with E-state index in [0.29, 0.717) is 23.5 Å². The molecule has 8 nitrogen and oxygen atoms in total. The molecule has 3 aromatic heterocycles. The number of carbonyl (C=O) groups excluding carboxylic acids is 1. The van der Waals surface area contributed by atoms with E-state index in [4.69, 9.17) is 0 Å². The first-order valence-corrected chi connectivity index (χ1v) is 9.49. The summed E-state index contributed by atoms with van der Waals surface area (Å²) in [6, 6.07) is 4.04. The van der Waals surface area contributed by atoms with Crippen LogP contribution in [-0.4, -0.2) is 44.9 Å². The van der Waals surface area contributed by atoms with Gasteiger partial charge in [0.1, 0.15) is 11.2 Å². The van der Waals surface area contributed by atoms with Crippen LogP contribution in [0.5, 0.6) is 0 Å². The number of pyridine rings is 2. The highest BCUT2D eigenvalue weighted by atomic mass is 16.2. The Morgan fingerprint density at radius 1 is 1.21 bits per heavy atom. The molecule has 8 heteroatoms. The first-order chi connectivity index (χ1) is 13.5. The number of hydrogen-bond acceptors (Lipinski definition) is 5. The molecule has 1 aliphatic heterocycles. The van der Waals surface area contributed by atoms with Crippen molar-refractivity contribution in [3.05, 3.63) is 52.7 Å². The number of fused-ring (bicyclic) bond motifs is 1. The molecule has 4 heterocycles. The lowest BCUT2D eigenvalue weighted by molar-refractivity contribution is 0.0943. The summed E-state index contributed by atoms with van der Waals surface area (Å²) < 4.78 is 3.40. The summed E-state index contributed by atoms with van der Waals surface area (Å²) in [7, 11) is 3.59. The zero-order chi connectivity index (χ0) is 19.7. The van der Waals surface area contributed by atoms with Crippen molar-refractivity contribution < 1.29 is 4.79 Å². The van der Waals surface area contributed by atoms with Crippen LogP contribution in [0.4, 0.5) is 5.69 Å². The maximum absolute atomic E-state index is 12.6. The molecule has 1 amide bonds. The number of rotatable bonds is 4. The van der Waals surface area contributed by atoms with Crippen LogP contribution < -0.4 is 15.6 Å². The molecule has 146 valence electrons. The van der Waals surface area contributed by atoms with Crippen LogP contribution in [0.3, 0.4) is 0 Å². The van der Waals surface area contributed by atoms with Gasteiger partial charge in [-0.2, -0.15) is 5.10 Å². The minimum Gasteiger partial charge on any atom is -0.371 e. The third-order valence-electron chi connectivity index (χ3n) is 5.49. The minimum absolute atomic E-state index is 0.164. The van der Waals surface area contributed by atoms with Crippen LogP contribution >= 0.6 is 0 Å². The average Bonchev–Trinajstić information content (AvgIpc) is 3.12. The van der Waals surface area contributed by atoms with Crippen molar-refractivity contribution in [1.82, 2.24) is 24.6 Å². The van der Waals surface area contributed by atoms with Gasteiger partial charge in [0.2, 0.25) is 5.43 Å². The lowest BCUT2D eigenvalue weighted by Crippen LogP contribution is -2.39. The second kappa shape index (κ2) is 7.46. The molecule has 28 heavy (non-hydrogen) atoms. The molecule has 0 unspecified atom stereocenters. The molecular weight excluding hydrogens is 356 g/mol. The van der Waals surface area contributed by atoms with Gasteiger partial charge in [0.05, 0.1) is 11.6 Å². The van der Waals surface area contributed by atoms with Crippen molar-refractivity contribution in [2.24, 2.45) is 20.0 Å². The van der Waals surface area contributed by atoms with Gasteiger partial charge in [-0.05, 0) is 30.9 Å². The smallest absolute Gasteiger partial charge is 0.256 e. The predicted octanol–water partition coefficient (Wildman–Crippen LogP) is 1.31. The van der Waals surface area contributed by atoms with Crippen molar-refractivity contribution in [1.29, 1.82) is 0 Å². The number of nitrogens with zero attached hydrogens (tertiary/aromatic N) is 5. The molecule has 0 saturated carbocycles. The Labute approximate surface area is 162 Å². The molecule has 4 rings (SSSR count). The molecule has 0 radical (unpaired) electrons. The van der Waals surface area contributed by atoms with Crippen LogP contribution in [-0.2, 0) is 14.1 Å². The van der Waals surface area contributed by atoms with Gasteiger partial charge >= 0.3 is 0 Å². The van der Waals surface area contributed by atoms with E-state index >= 15 is 0 Å².